The van der Waals surface area contributed by atoms with Crippen LogP contribution in [-0.4, -0.2) is 29.2 Å². The molecule has 1 aromatic carbocycles. The van der Waals surface area contributed by atoms with Crippen LogP contribution in [0, 0.1) is 0 Å². The molecule has 0 aromatic heterocycles. The van der Waals surface area contributed by atoms with Gasteiger partial charge in [0.25, 0.3) is 0 Å². The molecule has 0 heterocycles. The van der Waals surface area contributed by atoms with Gasteiger partial charge in [0.2, 0.25) is 0 Å². The second-order valence-electron chi connectivity index (χ2n) is 3.73. The number of nitrogens with two attached hydrogens (primary N) is 1. The standard InChI is InChI=1S/C11H19N3OS/c1-4-8-13-16(15,14(2)3)11-7-5-6-10(12)9-11/h5-7,9H,4,8,12H2,1-3H3. The minimum Gasteiger partial charge on any atom is -0.399 e. The SMILES string of the molecule is CCCN=S(=O)(c1cccc(N)c1)N(C)C. The highest BCUT2D eigenvalue weighted by atomic mass is 32.2. The summed E-state index contributed by atoms with van der Waals surface area (Å²) in [6.45, 7) is 2.60. The normalized spacial score (nSPS) is 14.8. The highest BCUT2D eigenvalue weighted by molar-refractivity contribution is 7.91. The summed E-state index contributed by atoms with van der Waals surface area (Å²) in [6, 6.07) is 7.10. The van der Waals surface area contributed by atoms with Gasteiger partial charge in [-0.3, -0.25) is 0 Å². The van der Waals surface area contributed by atoms with E-state index in [1.54, 1.807) is 42.7 Å². The van der Waals surface area contributed by atoms with Crippen molar-refractivity contribution in [2.24, 2.45) is 4.36 Å². The lowest BCUT2D eigenvalue weighted by molar-refractivity contribution is 0.589. The summed E-state index contributed by atoms with van der Waals surface area (Å²) in [7, 11) is 1.05. The van der Waals surface area contributed by atoms with Gasteiger partial charge in [0.15, 0.2) is 0 Å². The zero-order chi connectivity index (χ0) is 12.2. The summed E-state index contributed by atoms with van der Waals surface area (Å²) < 4.78 is 18.6. The molecule has 90 valence electrons. The van der Waals surface area contributed by atoms with Gasteiger partial charge in [-0.25, -0.2) is 12.9 Å². The van der Waals surface area contributed by atoms with Crippen LogP contribution in [0.15, 0.2) is 33.5 Å². The van der Waals surface area contributed by atoms with Gasteiger partial charge in [-0.15, -0.1) is 0 Å². The number of nitrogen functional groups attached to an aromatic ring is 1. The summed E-state index contributed by atoms with van der Waals surface area (Å²) >= 11 is 0. The molecule has 0 aliphatic heterocycles. The van der Waals surface area contributed by atoms with E-state index in [-0.39, 0.29) is 0 Å². The molecule has 0 fully saturated rings. The first-order valence-corrected chi connectivity index (χ1v) is 6.74. The van der Waals surface area contributed by atoms with Gasteiger partial charge >= 0.3 is 0 Å². The third-order valence-electron chi connectivity index (χ3n) is 2.15. The fourth-order valence-corrected chi connectivity index (χ4v) is 3.07. The van der Waals surface area contributed by atoms with Crippen LogP contribution in [0.2, 0.25) is 0 Å². The van der Waals surface area contributed by atoms with E-state index >= 15 is 0 Å². The number of anilines is 1. The van der Waals surface area contributed by atoms with Crippen LogP contribution in [0.3, 0.4) is 0 Å². The van der Waals surface area contributed by atoms with Gasteiger partial charge < -0.3 is 5.73 Å². The first-order chi connectivity index (χ1) is 7.50. The Morgan fingerprint density at radius 2 is 2.12 bits per heavy atom. The number of hydrogen-bond acceptors (Lipinski definition) is 3. The van der Waals surface area contributed by atoms with Crippen LogP contribution < -0.4 is 5.73 Å². The van der Waals surface area contributed by atoms with Crippen molar-refractivity contribution in [3.63, 3.8) is 0 Å². The molecular formula is C11H19N3OS. The zero-order valence-corrected chi connectivity index (χ0v) is 10.8. The third kappa shape index (κ3) is 2.74. The summed E-state index contributed by atoms with van der Waals surface area (Å²) in [5.41, 5.74) is 6.31. The Morgan fingerprint density at radius 3 is 2.62 bits per heavy atom. The fourth-order valence-electron chi connectivity index (χ4n) is 1.30. The lowest BCUT2D eigenvalue weighted by Crippen LogP contribution is -2.22. The summed E-state index contributed by atoms with van der Waals surface area (Å²) in [5.74, 6) is 0. The third-order valence-corrected chi connectivity index (χ3v) is 4.54. The monoisotopic (exact) mass is 241 g/mol. The lowest BCUT2D eigenvalue weighted by Gasteiger charge is -2.17. The highest BCUT2D eigenvalue weighted by Gasteiger charge is 2.15. The Bertz CT molecular complexity index is 462. The molecule has 5 heteroatoms. The zero-order valence-electron chi connectivity index (χ0n) is 10.0. The van der Waals surface area contributed by atoms with Gasteiger partial charge in [0, 0.05) is 26.3 Å². The van der Waals surface area contributed by atoms with Gasteiger partial charge in [0.1, 0.15) is 9.92 Å². The van der Waals surface area contributed by atoms with E-state index in [9.17, 15) is 4.21 Å². The molecule has 0 amide bonds. The largest absolute Gasteiger partial charge is 0.399 e. The molecule has 0 saturated carbocycles. The van der Waals surface area contributed by atoms with Gasteiger partial charge in [-0.1, -0.05) is 13.0 Å². The smallest absolute Gasteiger partial charge is 0.139 e. The number of nitrogens with zero attached hydrogens (tertiary/aromatic N) is 2. The van der Waals surface area contributed by atoms with E-state index in [2.05, 4.69) is 4.36 Å². The van der Waals surface area contributed by atoms with Crippen molar-refractivity contribution in [3.8, 4) is 0 Å². The Hall–Kier alpha value is -1.07. The number of hydrogen-bond donors (Lipinski definition) is 1. The average Bonchev–Trinajstić information content (AvgIpc) is 2.25. The molecule has 1 rings (SSSR count). The molecule has 1 aromatic rings. The van der Waals surface area contributed by atoms with E-state index in [0.717, 1.165) is 6.42 Å². The Balaban J connectivity index is 3.28. The maximum atomic E-state index is 12.7. The predicted octanol–water partition coefficient (Wildman–Crippen LogP) is 1.98. The number of rotatable bonds is 4. The minimum absolute atomic E-state index is 0.589. The molecule has 0 aliphatic carbocycles. The van der Waals surface area contributed by atoms with Gasteiger partial charge in [-0.2, -0.15) is 0 Å². The van der Waals surface area contributed by atoms with Crippen molar-refractivity contribution in [2.75, 3.05) is 26.4 Å². The maximum absolute atomic E-state index is 12.7. The summed E-state index contributed by atoms with van der Waals surface area (Å²) in [5, 5.41) is 0. The molecule has 16 heavy (non-hydrogen) atoms. The second kappa shape index (κ2) is 5.32. The molecule has 1 unspecified atom stereocenters. The molecular weight excluding hydrogens is 222 g/mol. The van der Waals surface area contributed by atoms with E-state index in [4.69, 9.17) is 5.73 Å². The van der Waals surface area contributed by atoms with Crippen molar-refractivity contribution >= 4 is 15.6 Å². The van der Waals surface area contributed by atoms with E-state index in [1.165, 1.54) is 0 Å². The first-order valence-electron chi connectivity index (χ1n) is 5.26. The molecule has 4 nitrogen and oxygen atoms in total. The molecule has 0 bridgehead atoms. The fraction of sp³-hybridized carbons (Fsp3) is 0.455. The molecule has 0 saturated heterocycles. The molecule has 0 spiro atoms. The predicted molar refractivity (Wildman–Crippen MR) is 68.5 cm³/mol. The van der Waals surface area contributed by atoms with Crippen LogP contribution in [0.5, 0.6) is 0 Å². The summed E-state index contributed by atoms with van der Waals surface area (Å²) in [6.07, 6.45) is 0.882. The molecule has 0 aliphatic rings. The Labute approximate surface area is 97.8 Å². The van der Waals surface area contributed by atoms with Crippen molar-refractivity contribution in [2.45, 2.75) is 18.2 Å². The highest BCUT2D eigenvalue weighted by Crippen LogP contribution is 2.18. The number of benzene rings is 1. The van der Waals surface area contributed by atoms with E-state index in [0.29, 0.717) is 17.1 Å². The first kappa shape index (κ1) is 13.0. The van der Waals surface area contributed by atoms with Crippen molar-refractivity contribution in [1.29, 1.82) is 0 Å². The van der Waals surface area contributed by atoms with E-state index < -0.39 is 9.92 Å². The quantitative estimate of drug-likeness (QED) is 0.819. The Kier molecular flexibility index (Phi) is 4.32. The van der Waals surface area contributed by atoms with Crippen molar-refractivity contribution < 1.29 is 4.21 Å². The van der Waals surface area contributed by atoms with Gasteiger partial charge in [-0.05, 0) is 24.6 Å². The van der Waals surface area contributed by atoms with Crippen LogP contribution in [0.4, 0.5) is 5.69 Å². The van der Waals surface area contributed by atoms with Crippen LogP contribution in [0.1, 0.15) is 13.3 Å². The van der Waals surface area contributed by atoms with Gasteiger partial charge in [0.05, 0.1) is 4.90 Å². The van der Waals surface area contributed by atoms with Crippen LogP contribution in [-0.2, 0) is 9.92 Å². The van der Waals surface area contributed by atoms with Crippen molar-refractivity contribution in [3.05, 3.63) is 24.3 Å². The molecule has 2 N–H and O–H groups in total. The topological polar surface area (TPSA) is 58.7 Å². The molecule has 1 atom stereocenters. The van der Waals surface area contributed by atoms with Crippen LogP contribution >= 0.6 is 0 Å². The lowest BCUT2D eigenvalue weighted by atomic mass is 10.3. The minimum atomic E-state index is -2.49. The Morgan fingerprint density at radius 1 is 1.44 bits per heavy atom. The van der Waals surface area contributed by atoms with E-state index in [1.807, 2.05) is 6.92 Å². The van der Waals surface area contributed by atoms with Crippen LogP contribution in [0.25, 0.3) is 0 Å². The maximum Gasteiger partial charge on any atom is 0.139 e. The average molecular weight is 241 g/mol. The second-order valence-corrected chi connectivity index (χ2v) is 6.19. The summed E-state index contributed by atoms with van der Waals surface area (Å²) in [4.78, 5) is 0.672. The molecule has 0 radical (unpaired) electrons. The van der Waals surface area contributed by atoms with Crippen molar-refractivity contribution in [1.82, 2.24) is 4.31 Å².